The lowest BCUT2D eigenvalue weighted by molar-refractivity contribution is 0.444. The zero-order chi connectivity index (χ0) is 18.8. The number of nitrogens with one attached hydrogen (secondary N) is 1. The highest BCUT2D eigenvalue weighted by Gasteiger charge is 2.05. The minimum atomic E-state index is -0.455. The van der Waals surface area contributed by atoms with Gasteiger partial charge >= 0.3 is 6.01 Å². The highest BCUT2D eigenvalue weighted by molar-refractivity contribution is 6.31. The van der Waals surface area contributed by atoms with Gasteiger partial charge in [-0.3, -0.25) is 0 Å². The van der Waals surface area contributed by atoms with E-state index in [0.717, 1.165) is 16.6 Å². The molecule has 0 unspecified atom stereocenters. The van der Waals surface area contributed by atoms with E-state index in [0.29, 0.717) is 17.1 Å². The number of benzene rings is 3. The number of nitrogens with zero attached hydrogens (tertiary/aromatic N) is 2. The molecule has 4 rings (SSSR count). The molecule has 3 aromatic carbocycles. The minimum absolute atomic E-state index is 0.0650. The molecule has 3 N–H and O–H groups in total. The monoisotopic (exact) mass is 380 g/mol. The predicted octanol–water partition coefficient (Wildman–Crippen LogP) is 5.54. The van der Waals surface area contributed by atoms with Crippen LogP contribution in [-0.2, 0) is 0 Å². The first-order valence-electron chi connectivity index (χ1n) is 8.09. The van der Waals surface area contributed by atoms with Crippen LogP contribution in [0.25, 0.3) is 10.9 Å². The first-order chi connectivity index (χ1) is 13.1. The van der Waals surface area contributed by atoms with Crippen LogP contribution in [0.5, 0.6) is 11.8 Å². The molecule has 0 fully saturated rings. The normalized spacial score (nSPS) is 10.7. The number of fused-ring (bicyclic) bond motifs is 1. The van der Waals surface area contributed by atoms with Crippen LogP contribution in [0, 0.1) is 5.82 Å². The van der Waals surface area contributed by atoms with Gasteiger partial charge in [-0.05, 0) is 60.7 Å². The summed E-state index contributed by atoms with van der Waals surface area (Å²) in [4.78, 5) is 8.56. The van der Waals surface area contributed by atoms with E-state index >= 15 is 0 Å². The first-order valence-corrected chi connectivity index (χ1v) is 8.47. The molecule has 0 spiro atoms. The summed E-state index contributed by atoms with van der Waals surface area (Å²) >= 11 is 5.79. The van der Waals surface area contributed by atoms with Crippen molar-refractivity contribution in [1.82, 2.24) is 9.97 Å². The Morgan fingerprint density at radius 1 is 0.963 bits per heavy atom. The predicted molar refractivity (Wildman–Crippen MR) is 105 cm³/mol. The van der Waals surface area contributed by atoms with Gasteiger partial charge < -0.3 is 15.8 Å². The number of anilines is 3. The molecule has 0 bridgehead atoms. The van der Waals surface area contributed by atoms with Crippen LogP contribution in [0.1, 0.15) is 0 Å². The van der Waals surface area contributed by atoms with Crippen LogP contribution in [0.3, 0.4) is 0 Å². The number of aromatic nitrogens is 2. The van der Waals surface area contributed by atoms with Crippen molar-refractivity contribution in [3.05, 3.63) is 77.7 Å². The summed E-state index contributed by atoms with van der Waals surface area (Å²) < 4.78 is 18.9. The number of nitrogen functional groups attached to an aromatic ring is 1. The minimum Gasteiger partial charge on any atom is -0.424 e. The van der Waals surface area contributed by atoms with Crippen molar-refractivity contribution in [2.45, 2.75) is 0 Å². The van der Waals surface area contributed by atoms with E-state index in [2.05, 4.69) is 15.3 Å². The largest absolute Gasteiger partial charge is 0.424 e. The fraction of sp³-hybridized carbons (Fsp3) is 0. The van der Waals surface area contributed by atoms with Gasteiger partial charge in [0.25, 0.3) is 0 Å². The van der Waals surface area contributed by atoms with Crippen molar-refractivity contribution in [2.24, 2.45) is 0 Å². The lowest BCUT2D eigenvalue weighted by atomic mass is 10.2. The van der Waals surface area contributed by atoms with Gasteiger partial charge in [-0.15, -0.1) is 0 Å². The molecule has 4 aromatic rings. The molecule has 0 aliphatic carbocycles. The van der Waals surface area contributed by atoms with Gasteiger partial charge in [0.05, 0.1) is 10.5 Å². The number of nitrogens with two attached hydrogens (primary N) is 1. The second kappa shape index (κ2) is 7.09. The molecular weight excluding hydrogens is 367 g/mol. The molecule has 5 nitrogen and oxygen atoms in total. The van der Waals surface area contributed by atoms with Crippen molar-refractivity contribution in [3.63, 3.8) is 0 Å². The van der Waals surface area contributed by atoms with Gasteiger partial charge in [0.1, 0.15) is 11.6 Å². The number of hydrogen-bond acceptors (Lipinski definition) is 5. The fourth-order valence-electron chi connectivity index (χ4n) is 2.54. The van der Waals surface area contributed by atoms with Crippen molar-refractivity contribution in [3.8, 4) is 11.8 Å². The summed E-state index contributed by atoms with van der Waals surface area (Å²) in [6.07, 6.45) is 1.67. The Labute approximate surface area is 159 Å². The molecule has 7 heteroatoms. The van der Waals surface area contributed by atoms with E-state index in [4.69, 9.17) is 22.1 Å². The van der Waals surface area contributed by atoms with Crippen LogP contribution in [0.2, 0.25) is 5.02 Å². The molecule has 0 radical (unpaired) electrons. The smallest absolute Gasteiger partial charge is 0.322 e. The Bertz CT molecular complexity index is 1120. The molecule has 0 atom stereocenters. The molecular formula is C20H14ClFN4O. The van der Waals surface area contributed by atoms with Gasteiger partial charge in [-0.25, -0.2) is 9.37 Å². The van der Waals surface area contributed by atoms with E-state index in [1.165, 1.54) is 12.1 Å². The van der Waals surface area contributed by atoms with Crippen LogP contribution >= 0.6 is 11.6 Å². The Kier molecular flexibility index (Phi) is 4.48. The number of ether oxygens (including phenoxy) is 1. The maximum absolute atomic E-state index is 13.2. The summed E-state index contributed by atoms with van der Waals surface area (Å²) in [6, 6.07) is 17.3. The summed E-state index contributed by atoms with van der Waals surface area (Å²) in [5.74, 6) is 0.136. The quantitative estimate of drug-likeness (QED) is 0.455. The van der Waals surface area contributed by atoms with E-state index in [-0.39, 0.29) is 11.0 Å². The maximum Gasteiger partial charge on any atom is 0.322 e. The van der Waals surface area contributed by atoms with Gasteiger partial charge in [-0.2, -0.15) is 4.98 Å². The summed E-state index contributed by atoms with van der Waals surface area (Å²) in [7, 11) is 0. The van der Waals surface area contributed by atoms with Crippen molar-refractivity contribution < 1.29 is 9.13 Å². The molecule has 0 aliphatic rings. The Morgan fingerprint density at radius 2 is 1.74 bits per heavy atom. The fourth-order valence-corrected chi connectivity index (χ4v) is 2.72. The molecule has 0 aliphatic heterocycles. The zero-order valence-electron chi connectivity index (χ0n) is 14.0. The average Bonchev–Trinajstić information content (AvgIpc) is 2.66. The third-order valence-electron chi connectivity index (χ3n) is 3.85. The van der Waals surface area contributed by atoms with Crippen LogP contribution in [0.4, 0.5) is 21.5 Å². The van der Waals surface area contributed by atoms with Gasteiger partial charge in [0.2, 0.25) is 0 Å². The summed E-state index contributed by atoms with van der Waals surface area (Å²) in [5, 5.41) is 4.05. The van der Waals surface area contributed by atoms with Crippen LogP contribution in [-0.4, -0.2) is 9.97 Å². The zero-order valence-corrected chi connectivity index (χ0v) is 14.7. The Balaban J connectivity index is 1.49. The number of hydrogen-bond donors (Lipinski definition) is 2. The van der Waals surface area contributed by atoms with Crippen molar-refractivity contribution >= 4 is 39.6 Å². The van der Waals surface area contributed by atoms with Crippen LogP contribution < -0.4 is 15.8 Å². The molecule has 0 amide bonds. The lowest BCUT2D eigenvalue weighted by Crippen LogP contribution is -1.94. The van der Waals surface area contributed by atoms with E-state index in [1.807, 2.05) is 18.2 Å². The first kappa shape index (κ1) is 17.1. The SMILES string of the molecule is Nc1ccc2nc(Oc3ccc(Nc4ccc(F)c(Cl)c4)cc3)ncc2c1. The molecule has 134 valence electrons. The molecule has 0 saturated heterocycles. The van der Waals surface area contributed by atoms with E-state index in [9.17, 15) is 4.39 Å². The highest BCUT2D eigenvalue weighted by atomic mass is 35.5. The average molecular weight is 381 g/mol. The van der Waals surface area contributed by atoms with Crippen molar-refractivity contribution in [2.75, 3.05) is 11.1 Å². The second-order valence-corrected chi connectivity index (χ2v) is 6.26. The van der Waals surface area contributed by atoms with Gasteiger partial charge in [0, 0.05) is 28.6 Å². The van der Waals surface area contributed by atoms with Crippen LogP contribution in [0.15, 0.2) is 66.9 Å². The highest BCUT2D eigenvalue weighted by Crippen LogP contribution is 2.26. The number of halogens is 2. The maximum atomic E-state index is 13.2. The summed E-state index contributed by atoms with van der Waals surface area (Å²) in [5.41, 5.74) is 8.65. The van der Waals surface area contributed by atoms with E-state index < -0.39 is 5.82 Å². The Hall–Kier alpha value is -3.38. The lowest BCUT2D eigenvalue weighted by Gasteiger charge is -2.09. The standard InChI is InChI=1S/C20H14ClFN4O/c21-17-10-15(4-7-18(17)22)25-14-2-5-16(6-3-14)27-20-24-11-12-9-13(23)1-8-19(12)26-20/h1-11,25H,23H2. The third kappa shape index (κ3) is 3.91. The third-order valence-corrected chi connectivity index (χ3v) is 4.14. The van der Waals surface area contributed by atoms with Gasteiger partial charge in [-0.1, -0.05) is 11.6 Å². The number of rotatable bonds is 4. The molecule has 27 heavy (non-hydrogen) atoms. The molecule has 1 heterocycles. The van der Waals surface area contributed by atoms with Gasteiger partial charge in [0.15, 0.2) is 0 Å². The second-order valence-electron chi connectivity index (χ2n) is 5.85. The van der Waals surface area contributed by atoms with Crippen molar-refractivity contribution in [1.29, 1.82) is 0 Å². The topological polar surface area (TPSA) is 73.1 Å². The Morgan fingerprint density at radius 3 is 2.52 bits per heavy atom. The molecule has 1 aromatic heterocycles. The van der Waals surface area contributed by atoms with E-state index in [1.54, 1.807) is 36.5 Å². The molecule has 0 saturated carbocycles. The summed E-state index contributed by atoms with van der Waals surface area (Å²) in [6.45, 7) is 0.